The molecular formula is C7H4ClFN2O. The van der Waals surface area contributed by atoms with Gasteiger partial charge in [-0.3, -0.25) is 0 Å². The van der Waals surface area contributed by atoms with Crippen molar-refractivity contribution in [2.45, 2.75) is 0 Å². The summed E-state index contributed by atoms with van der Waals surface area (Å²) in [5, 5.41) is -0.00125. The van der Waals surface area contributed by atoms with E-state index < -0.39 is 5.82 Å². The smallest absolute Gasteiger partial charge is 0.292 e. The molecule has 0 aliphatic heterocycles. The third-order valence-corrected chi connectivity index (χ3v) is 1.74. The van der Waals surface area contributed by atoms with Gasteiger partial charge in [0.2, 0.25) is 0 Å². The number of rotatable bonds is 0. The van der Waals surface area contributed by atoms with Crippen LogP contribution in [-0.4, -0.2) is 4.98 Å². The SMILES string of the molecule is Nc1nc2cc(F)c(Cl)cc2o1. The lowest BCUT2D eigenvalue weighted by atomic mass is 10.3. The zero-order chi connectivity index (χ0) is 8.72. The summed E-state index contributed by atoms with van der Waals surface area (Å²) in [5.74, 6) is -0.530. The molecule has 1 heterocycles. The Kier molecular flexibility index (Phi) is 1.44. The predicted molar refractivity (Wildman–Crippen MR) is 43.4 cm³/mol. The number of anilines is 1. The quantitative estimate of drug-likeness (QED) is 0.686. The Morgan fingerprint density at radius 3 is 3.00 bits per heavy atom. The van der Waals surface area contributed by atoms with Crippen LogP contribution < -0.4 is 5.73 Å². The molecule has 2 aromatic rings. The van der Waals surface area contributed by atoms with Crippen LogP contribution in [0.25, 0.3) is 11.1 Å². The van der Waals surface area contributed by atoms with Crippen LogP contribution in [0.3, 0.4) is 0 Å². The van der Waals surface area contributed by atoms with Crippen LogP contribution in [0.2, 0.25) is 5.02 Å². The van der Waals surface area contributed by atoms with Gasteiger partial charge in [0, 0.05) is 12.1 Å². The van der Waals surface area contributed by atoms with Crippen LogP contribution in [0.1, 0.15) is 0 Å². The summed E-state index contributed by atoms with van der Waals surface area (Å²) in [6.07, 6.45) is 0. The Morgan fingerprint density at radius 2 is 2.25 bits per heavy atom. The van der Waals surface area contributed by atoms with Crippen LogP contribution in [0.4, 0.5) is 10.4 Å². The van der Waals surface area contributed by atoms with Crippen LogP contribution in [0.15, 0.2) is 16.5 Å². The molecule has 0 aliphatic rings. The Hall–Kier alpha value is -1.29. The molecule has 0 spiro atoms. The van der Waals surface area contributed by atoms with Gasteiger partial charge in [-0.25, -0.2) is 4.39 Å². The Balaban J connectivity index is 2.83. The first kappa shape index (κ1) is 7.36. The van der Waals surface area contributed by atoms with Crippen molar-refractivity contribution in [3.63, 3.8) is 0 Å². The van der Waals surface area contributed by atoms with Crippen molar-refractivity contribution in [3.8, 4) is 0 Å². The first-order valence-corrected chi connectivity index (χ1v) is 3.55. The summed E-state index contributed by atoms with van der Waals surface area (Å²) >= 11 is 5.49. The Morgan fingerprint density at radius 1 is 1.50 bits per heavy atom. The fourth-order valence-electron chi connectivity index (χ4n) is 0.941. The summed E-state index contributed by atoms with van der Waals surface area (Å²) in [5.41, 5.74) is 6.01. The molecule has 0 radical (unpaired) electrons. The number of hydrogen-bond donors (Lipinski definition) is 1. The maximum absolute atomic E-state index is 12.8. The van der Waals surface area contributed by atoms with E-state index in [2.05, 4.69) is 4.98 Å². The van der Waals surface area contributed by atoms with Gasteiger partial charge in [-0.1, -0.05) is 11.6 Å². The molecule has 0 amide bonds. The van der Waals surface area contributed by atoms with Gasteiger partial charge in [-0.2, -0.15) is 4.98 Å². The molecule has 3 nitrogen and oxygen atoms in total. The average molecular weight is 187 g/mol. The normalized spacial score (nSPS) is 10.8. The number of nitrogen functional groups attached to an aromatic ring is 1. The third kappa shape index (κ3) is 1.00. The first-order valence-electron chi connectivity index (χ1n) is 3.18. The minimum atomic E-state index is -0.530. The molecule has 62 valence electrons. The maximum Gasteiger partial charge on any atom is 0.292 e. The summed E-state index contributed by atoms with van der Waals surface area (Å²) in [6.45, 7) is 0. The lowest BCUT2D eigenvalue weighted by molar-refractivity contribution is 0.618. The highest BCUT2D eigenvalue weighted by molar-refractivity contribution is 6.31. The van der Waals surface area contributed by atoms with Gasteiger partial charge < -0.3 is 10.2 Å². The zero-order valence-corrected chi connectivity index (χ0v) is 6.60. The van der Waals surface area contributed by atoms with Crippen molar-refractivity contribution in [3.05, 3.63) is 23.0 Å². The lowest BCUT2D eigenvalue weighted by Gasteiger charge is -1.90. The van der Waals surface area contributed by atoms with Gasteiger partial charge in [0.1, 0.15) is 11.3 Å². The summed E-state index contributed by atoms with van der Waals surface area (Å²) in [6, 6.07) is 2.53. The number of nitrogens with zero attached hydrogens (tertiary/aromatic N) is 1. The van der Waals surface area contributed by atoms with Gasteiger partial charge in [0.15, 0.2) is 5.58 Å². The number of aromatic nitrogens is 1. The van der Waals surface area contributed by atoms with Gasteiger partial charge in [0.25, 0.3) is 6.01 Å². The highest BCUT2D eigenvalue weighted by Crippen LogP contribution is 2.23. The van der Waals surface area contributed by atoms with E-state index in [1.807, 2.05) is 0 Å². The first-order chi connectivity index (χ1) is 5.66. The van der Waals surface area contributed by atoms with Crippen LogP contribution in [-0.2, 0) is 0 Å². The van der Waals surface area contributed by atoms with Crippen molar-refractivity contribution >= 4 is 28.7 Å². The minimum Gasteiger partial charge on any atom is -0.424 e. The third-order valence-electron chi connectivity index (χ3n) is 1.45. The molecular weight excluding hydrogens is 183 g/mol. The van der Waals surface area contributed by atoms with Gasteiger partial charge in [-0.05, 0) is 0 Å². The topological polar surface area (TPSA) is 52.0 Å². The average Bonchev–Trinajstić information content (AvgIpc) is 2.30. The molecule has 0 atom stereocenters. The second-order valence-electron chi connectivity index (χ2n) is 2.29. The van der Waals surface area contributed by atoms with Crippen molar-refractivity contribution < 1.29 is 8.81 Å². The number of oxazole rings is 1. The van der Waals surface area contributed by atoms with Crippen molar-refractivity contribution in [2.24, 2.45) is 0 Å². The van der Waals surface area contributed by atoms with Gasteiger partial charge in [0.05, 0.1) is 5.02 Å². The van der Waals surface area contributed by atoms with E-state index in [4.69, 9.17) is 21.8 Å². The standard InChI is InChI=1S/C7H4ClFN2O/c8-3-1-6-5(2-4(3)9)11-7(10)12-6/h1-2H,(H2,10,11). The molecule has 1 aromatic heterocycles. The van der Waals surface area contributed by atoms with E-state index in [-0.39, 0.29) is 11.0 Å². The van der Waals surface area contributed by atoms with Crippen molar-refractivity contribution in [1.82, 2.24) is 4.98 Å². The van der Waals surface area contributed by atoms with Crippen LogP contribution in [0, 0.1) is 5.82 Å². The number of fused-ring (bicyclic) bond motifs is 1. The molecule has 2 rings (SSSR count). The van der Waals surface area contributed by atoms with E-state index in [0.29, 0.717) is 11.1 Å². The highest BCUT2D eigenvalue weighted by atomic mass is 35.5. The molecule has 2 N–H and O–H groups in total. The van der Waals surface area contributed by atoms with Crippen molar-refractivity contribution in [1.29, 1.82) is 0 Å². The maximum atomic E-state index is 12.8. The van der Waals surface area contributed by atoms with Gasteiger partial charge >= 0.3 is 0 Å². The number of halogens is 2. The molecule has 5 heteroatoms. The summed E-state index contributed by atoms with van der Waals surface area (Å²) in [4.78, 5) is 3.73. The number of hydrogen-bond acceptors (Lipinski definition) is 3. The van der Waals surface area contributed by atoms with E-state index in [9.17, 15) is 4.39 Å². The number of benzene rings is 1. The van der Waals surface area contributed by atoms with E-state index in [0.717, 1.165) is 0 Å². The summed E-state index contributed by atoms with van der Waals surface area (Å²) in [7, 11) is 0. The lowest BCUT2D eigenvalue weighted by Crippen LogP contribution is -1.80. The highest BCUT2D eigenvalue weighted by Gasteiger charge is 2.07. The Labute approximate surface area is 71.9 Å². The molecule has 0 bridgehead atoms. The fourth-order valence-corrected chi connectivity index (χ4v) is 1.10. The zero-order valence-electron chi connectivity index (χ0n) is 5.84. The molecule has 0 saturated heterocycles. The summed E-state index contributed by atoms with van der Waals surface area (Å²) < 4.78 is 17.7. The molecule has 12 heavy (non-hydrogen) atoms. The second kappa shape index (κ2) is 2.35. The van der Waals surface area contributed by atoms with Crippen LogP contribution in [0.5, 0.6) is 0 Å². The molecule has 0 aliphatic carbocycles. The molecule has 0 unspecified atom stereocenters. The van der Waals surface area contributed by atoms with Crippen molar-refractivity contribution in [2.75, 3.05) is 5.73 Å². The monoisotopic (exact) mass is 186 g/mol. The van der Waals surface area contributed by atoms with E-state index in [1.54, 1.807) is 0 Å². The fraction of sp³-hybridized carbons (Fsp3) is 0. The van der Waals surface area contributed by atoms with E-state index in [1.165, 1.54) is 12.1 Å². The molecule has 1 aromatic carbocycles. The second-order valence-corrected chi connectivity index (χ2v) is 2.69. The van der Waals surface area contributed by atoms with Crippen LogP contribution >= 0.6 is 11.6 Å². The minimum absolute atomic E-state index is 0.00125. The molecule has 0 saturated carbocycles. The van der Waals surface area contributed by atoms with E-state index >= 15 is 0 Å². The Bertz CT molecular complexity index is 401. The molecule has 0 fully saturated rings. The van der Waals surface area contributed by atoms with Gasteiger partial charge in [-0.15, -0.1) is 0 Å². The predicted octanol–water partition coefficient (Wildman–Crippen LogP) is 2.20. The largest absolute Gasteiger partial charge is 0.424 e. The number of nitrogens with two attached hydrogens (primary N) is 1.